The van der Waals surface area contributed by atoms with E-state index in [4.69, 9.17) is 4.74 Å². The molecule has 2 heteroatoms. The molecule has 0 aromatic carbocycles. The van der Waals surface area contributed by atoms with E-state index >= 15 is 0 Å². The van der Waals surface area contributed by atoms with E-state index in [1.807, 2.05) is 0 Å². The summed E-state index contributed by atoms with van der Waals surface area (Å²) in [6, 6.07) is 0. The van der Waals surface area contributed by atoms with Crippen LogP contribution in [0.2, 0.25) is 0 Å². The normalized spacial score (nSPS) is 22.2. The first-order valence-corrected chi connectivity index (χ1v) is 6.57. The second kappa shape index (κ2) is 8.12. The lowest BCUT2D eigenvalue weighted by molar-refractivity contribution is 0.0508. The van der Waals surface area contributed by atoms with E-state index in [-0.39, 0.29) is 0 Å². The molecule has 1 saturated heterocycles. The fourth-order valence-corrected chi connectivity index (χ4v) is 2.11. The number of rotatable bonds is 7. The summed E-state index contributed by atoms with van der Waals surface area (Å²) in [5.41, 5.74) is 0. The fraction of sp³-hybridized carbons (Fsp3) is 1.00. The van der Waals surface area contributed by atoms with Crippen molar-refractivity contribution >= 4 is 0 Å². The number of ether oxygens (including phenoxy) is 1. The van der Waals surface area contributed by atoms with Crippen molar-refractivity contribution in [1.82, 2.24) is 5.32 Å². The Bertz CT molecular complexity index is 141. The van der Waals surface area contributed by atoms with Gasteiger partial charge in [0.1, 0.15) is 0 Å². The molecule has 90 valence electrons. The van der Waals surface area contributed by atoms with Crippen molar-refractivity contribution in [2.45, 2.75) is 46.0 Å². The Morgan fingerprint density at radius 3 is 2.87 bits per heavy atom. The predicted octanol–water partition coefficient (Wildman–Crippen LogP) is 2.83. The average Bonchev–Trinajstić information content (AvgIpc) is 2.24. The first kappa shape index (κ1) is 13.0. The molecule has 1 unspecified atom stereocenters. The van der Waals surface area contributed by atoms with Gasteiger partial charge in [0.05, 0.1) is 0 Å². The highest BCUT2D eigenvalue weighted by Gasteiger charge is 2.12. The van der Waals surface area contributed by atoms with Gasteiger partial charge in [-0.15, -0.1) is 0 Å². The molecule has 1 N–H and O–H groups in total. The molecule has 0 amide bonds. The summed E-state index contributed by atoms with van der Waals surface area (Å²) in [7, 11) is 0. The lowest BCUT2D eigenvalue weighted by Gasteiger charge is -2.21. The van der Waals surface area contributed by atoms with E-state index in [2.05, 4.69) is 19.2 Å². The van der Waals surface area contributed by atoms with E-state index in [1.165, 1.54) is 38.6 Å². The van der Waals surface area contributed by atoms with Crippen LogP contribution in [0.3, 0.4) is 0 Å². The SMILES string of the molecule is CC(C)CNCCCCC1CCCOC1. The van der Waals surface area contributed by atoms with Crippen molar-refractivity contribution < 1.29 is 4.74 Å². The summed E-state index contributed by atoms with van der Waals surface area (Å²) in [6.45, 7) is 8.86. The number of nitrogens with one attached hydrogen (secondary N) is 1. The van der Waals surface area contributed by atoms with Gasteiger partial charge in [-0.25, -0.2) is 0 Å². The molecule has 2 nitrogen and oxygen atoms in total. The lowest BCUT2D eigenvalue weighted by Crippen LogP contribution is -2.21. The van der Waals surface area contributed by atoms with Gasteiger partial charge in [-0.2, -0.15) is 0 Å². The third kappa shape index (κ3) is 6.91. The molecular weight excluding hydrogens is 186 g/mol. The summed E-state index contributed by atoms with van der Waals surface area (Å²) >= 11 is 0. The van der Waals surface area contributed by atoms with Gasteiger partial charge < -0.3 is 10.1 Å². The molecule has 1 fully saturated rings. The third-order valence-corrected chi connectivity index (χ3v) is 3.02. The topological polar surface area (TPSA) is 21.3 Å². The maximum Gasteiger partial charge on any atom is 0.0494 e. The molecule has 0 radical (unpaired) electrons. The highest BCUT2D eigenvalue weighted by atomic mass is 16.5. The minimum atomic E-state index is 0.775. The summed E-state index contributed by atoms with van der Waals surface area (Å²) in [5.74, 6) is 1.63. The highest BCUT2D eigenvalue weighted by molar-refractivity contribution is 4.63. The van der Waals surface area contributed by atoms with E-state index in [0.29, 0.717) is 0 Å². The molecule has 1 rings (SSSR count). The molecule has 0 aliphatic carbocycles. The van der Waals surface area contributed by atoms with Gasteiger partial charge in [0.2, 0.25) is 0 Å². The van der Waals surface area contributed by atoms with Crippen LogP contribution in [-0.4, -0.2) is 26.3 Å². The van der Waals surface area contributed by atoms with Gasteiger partial charge in [0.25, 0.3) is 0 Å². The molecule has 0 saturated carbocycles. The van der Waals surface area contributed by atoms with Gasteiger partial charge in [0, 0.05) is 13.2 Å². The zero-order valence-corrected chi connectivity index (χ0v) is 10.4. The van der Waals surface area contributed by atoms with Crippen LogP contribution in [0, 0.1) is 11.8 Å². The van der Waals surface area contributed by atoms with Crippen molar-refractivity contribution in [2.75, 3.05) is 26.3 Å². The van der Waals surface area contributed by atoms with E-state index in [1.54, 1.807) is 0 Å². The predicted molar refractivity (Wildman–Crippen MR) is 65.1 cm³/mol. The molecule has 0 aromatic heterocycles. The van der Waals surface area contributed by atoms with Crippen LogP contribution in [0.5, 0.6) is 0 Å². The molecule has 1 aliphatic rings. The van der Waals surface area contributed by atoms with Crippen molar-refractivity contribution in [3.63, 3.8) is 0 Å². The van der Waals surface area contributed by atoms with Crippen LogP contribution in [0.1, 0.15) is 46.0 Å². The Hall–Kier alpha value is -0.0800. The standard InChI is InChI=1S/C13H27NO/c1-12(2)10-14-8-4-3-6-13-7-5-9-15-11-13/h12-14H,3-11H2,1-2H3. The van der Waals surface area contributed by atoms with Crippen LogP contribution in [0.4, 0.5) is 0 Å². The maximum atomic E-state index is 5.48. The third-order valence-electron chi connectivity index (χ3n) is 3.02. The van der Waals surface area contributed by atoms with Crippen LogP contribution >= 0.6 is 0 Å². The number of hydrogen-bond donors (Lipinski definition) is 1. The summed E-state index contributed by atoms with van der Waals surface area (Å²) < 4.78 is 5.48. The van der Waals surface area contributed by atoms with Gasteiger partial charge in [-0.3, -0.25) is 0 Å². The van der Waals surface area contributed by atoms with Crippen molar-refractivity contribution in [3.8, 4) is 0 Å². The van der Waals surface area contributed by atoms with E-state index in [0.717, 1.165) is 31.6 Å². The fourth-order valence-electron chi connectivity index (χ4n) is 2.11. The Kier molecular flexibility index (Phi) is 7.03. The molecule has 0 spiro atoms. The smallest absolute Gasteiger partial charge is 0.0494 e. The average molecular weight is 213 g/mol. The second-order valence-electron chi connectivity index (χ2n) is 5.18. The molecule has 1 atom stereocenters. The summed E-state index contributed by atoms with van der Waals surface area (Å²) in [6.07, 6.45) is 6.71. The molecular formula is C13H27NO. The Morgan fingerprint density at radius 1 is 1.33 bits per heavy atom. The molecule has 15 heavy (non-hydrogen) atoms. The van der Waals surface area contributed by atoms with Crippen LogP contribution in [0.25, 0.3) is 0 Å². The van der Waals surface area contributed by atoms with Crippen molar-refractivity contribution in [3.05, 3.63) is 0 Å². The zero-order chi connectivity index (χ0) is 10.9. The van der Waals surface area contributed by atoms with Crippen molar-refractivity contribution in [1.29, 1.82) is 0 Å². The highest BCUT2D eigenvalue weighted by Crippen LogP contribution is 2.19. The van der Waals surface area contributed by atoms with Crippen LogP contribution in [-0.2, 0) is 4.74 Å². The van der Waals surface area contributed by atoms with Gasteiger partial charge >= 0.3 is 0 Å². The first-order valence-electron chi connectivity index (χ1n) is 6.57. The van der Waals surface area contributed by atoms with E-state index < -0.39 is 0 Å². The molecule has 1 aliphatic heterocycles. The quantitative estimate of drug-likeness (QED) is 0.657. The van der Waals surface area contributed by atoms with Gasteiger partial charge in [-0.05, 0) is 50.6 Å². The Morgan fingerprint density at radius 2 is 2.20 bits per heavy atom. The summed E-state index contributed by atoms with van der Waals surface area (Å²) in [5, 5.41) is 3.49. The maximum absolute atomic E-state index is 5.48. The van der Waals surface area contributed by atoms with Crippen molar-refractivity contribution in [2.24, 2.45) is 11.8 Å². The second-order valence-corrected chi connectivity index (χ2v) is 5.18. The largest absolute Gasteiger partial charge is 0.381 e. The van der Waals surface area contributed by atoms with E-state index in [9.17, 15) is 0 Å². The Labute approximate surface area is 94.8 Å². The molecule has 1 heterocycles. The van der Waals surface area contributed by atoms with Crippen LogP contribution in [0.15, 0.2) is 0 Å². The van der Waals surface area contributed by atoms with Gasteiger partial charge in [-0.1, -0.05) is 20.3 Å². The Balaban J connectivity index is 1.83. The minimum absolute atomic E-state index is 0.775. The first-order chi connectivity index (χ1) is 7.29. The minimum Gasteiger partial charge on any atom is -0.381 e. The van der Waals surface area contributed by atoms with Crippen LogP contribution < -0.4 is 5.32 Å². The summed E-state index contributed by atoms with van der Waals surface area (Å²) in [4.78, 5) is 0. The molecule has 0 bridgehead atoms. The molecule has 0 aromatic rings. The van der Waals surface area contributed by atoms with Gasteiger partial charge in [0.15, 0.2) is 0 Å². The zero-order valence-electron chi connectivity index (χ0n) is 10.4. The number of unbranched alkanes of at least 4 members (excludes halogenated alkanes) is 1. The monoisotopic (exact) mass is 213 g/mol. The lowest BCUT2D eigenvalue weighted by atomic mass is 9.96. The number of hydrogen-bond acceptors (Lipinski definition) is 2.